The van der Waals surface area contributed by atoms with Crippen molar-refractivity contribution in [1.82, 2.24) is 34.8 Å². The second-order valence-corrected chi connectivity index (χ2v) is 19.1. The number of furan rings is 1. The monoisotopic (exact) mass is 917 g/mol. The first-order chi connectivity index (χ1) is 31.8. The average molecular weight is 918 g/mol. The Hall–Kier alpha value is -8.15. The van der Waals surface area contributed by atoms with Gasteiger partial charge in [0, 0.05) is 61.9 Å². The maximum Gasteiger partial charge on any atom is 0.287 e. The van der Waals surface area contributed by atoms with Crippen LogP contribution in [-0.4, -0.2) is 59.9 Å². The van der Waals surface area contributed by atoms with Gasteiger partial charge in [-0.1, -0.05) is 36.4 Å². The molecule has 0 unspecified atom stereocenters. The summed E-state index contributed by atoms with van der Waals surface area (Å²) in [7, 11) is -3.98. The van der Waals surface area contributed by atoms with Gasteiger partial charge in [-0.2, -0.15) is 5.10 Å². The maximum absolute atomic E-state index is 13.1. The third-order valence-electron chi connectivity index (χ3n) is 10.8. The van der Waals surface area contributed by atoms with Gasteiger partial charge in [-0.3, -0.25) is 19.3 Å². The average Bonchev–Trinajstić information content (AvgIpc) is 4.10. The van der Waals surface area contributed by atoms with E-state index < -0.39 is 19.7 Å². The number of sulfone groups is 2. The molecule has 0 saturated heterocycles. The fourth-order valence-corrected chi connectivity index (χ4v) is 9.81. The van der Waals surface area contributed by atoms with Crippen molar-refractivity contribution in [2.75, 3.05) is 7.11 Å². The third-order valence-corrected chi connectivity index (χ3v) is 14.3. The van der Waals surface area contributed by atoms with E-state index in [1.54, 1.807) is 169 Å². The van der Waals surface area contributed by atoms with Gasteiger partial charge in [0.2, 0.25) is 19.7 Å². The summed E-state index contributed by atoms with van der Waals surface area (Å²) in [6, 6.07) is 35.3. The molecule has 0 fully saturated rings. The molecule has 66 heavy (non-hydrogen) atoms. The number of hydrogen-bond acceptors (Lipinski definition) is 11. The van der Waals surface area contributed by atoms with Crippen LogP contribution in [0.4, 0.5) is 0 Å². The highest BCUT2D eigenvalue weighted by Gasteiger charge is 2.20. The van der Waals surface area contributed by atoms with Crippen molar-refractivity contribution in [2.45, 2.75) is 32.7 Å². The topological polar surface area (TPSA) is 197 Å². The van der Waals surface area contributed by atoms with Crippen LogP contribution in [0.25, 0.3) is 38.3 Å². The molecule has 0 aliphatic heterocycles. The first kappa shape index (κ1) is 43.1. The molecule has 5 aromatic heterocycles. The number of ether oxygens (including phenoxy) is 1. The molecule has 0 spiro atoms. The molecule has 0 atom stereocenters. The first-order valence-corrected chi connectivity index (χ1v) is 23.3. The van der Waals surface area contributed by atoms with Crippen molar-refractivity contribution in [3.63, 3.8) is 0 Å². The quantitative estimate of drug-likeness (QED) is 0.129. The Morgan fingerprint density at radius 3 is 1.94 bits per heavy atom. The Kier molecular flexibility index (Phi) is 11.6. The zero-order valence-electron chi connectivity index (χ0n) is 35.3. The number of benzene rings is 5. The molecule has 0 bridgehead atoms. The molecule has 0 radical (unpaired) electrons. The predicted molar refractivity (Wildman–Crippen MR) is 247 cm³/mol. The minimum absolute atomic E-state index is 0.181. The van der Waals surface area contributed by atoms with Gasteiger partial charge in [0.05, 0.1) is 44.0 Å². The van der Waals surface area contributed by atoms with Crippen LogP contribution in [0, 0.1) is 0 Å². The lowest BCUT2D eigenvalue weighted by Gasteiger charge is -2.09. The Labute approximate surface area is 378 Å². The number of imidazole rings is 1. The van der Waals surface area contributed by atoms with Gasteiger partial charge in [-0.15, -0.1) is 0 Å². The van der Waals surface area contributed by atoms with Crippen LogP contribution < -0.4 is 15.4 Å². The molecule has 0 aliphatic carbocycles. The smallest absolute Gasteiger partial charge is 0.287 e. The normalized spacial score (nSPS) is 11.7. The van der Waals surface area contributed by atoms with Crippen molar-refractivity contribution in [1.29, 1.82) is 0 Å². The Morgan fingerprint density at radius 2 is 1.26 bits per heavy atom. The van der Waals surface area contributed by atoms with Crippen molar-refractivity contribution in [2.24, 2.45) is 7.05 Å². The number of aromatic nitrogens is 5. The second kappa shape index (κ2) is 17.8. The first-order valence-electron chi connectivity index (χ1n) is 20.4. The van der Waals surface area contributed by atoms with E-state index in [9.17, 15) is 26.4 Å². The van der Waals surface area contributed by atoms with Gasteiger partial charge >= 0.3 is 0 Å². The van der Waals surface area contributed by atoms with Crippen molar-refractivity contribution in [3.8, 4) is 5.75 Å². The SMILES string of the molecule is COc1ccc2cc(S(=O)(=O)c3ccc(CNC(=O)c4cc5ccncc5o4)cc3)ccc2c1.Cn1cc2ccc(S(=O)(=O)c3ccc(CNC(=O)c4ccc5nccn5c4)cc3)cc2n1. The van der Waals surface area contributed by atoms with Crippen LogP contribution in [0.2, 0.25) is 0 Å². The predicted octanol–water partition coefficient (Wildman–Crippen LogP) is 7.74. The lowest BCUT2D eigenvalue weighted by molar-refractivity contribution is 0.0923. The van der Waals surface area contributed by atoms with E-state index in [0.29, 0.717) is 22.4 Å². The minimum Gasteiger partial charge on any atom is -0.497 e. The molecule has 17 heteroatoms. The van der Waals surface area contributed by atoms with E-state index in [4.69, 9.17) is 9.15 Å². The van der Waals surface area contributed by atoms with Crippen molar-refractivity contribution in [3.05, 3.63) is 187 Å². The number of fused-ring (bicyclic) bond motifs is 4. The van der Waals surface area contributed by atoms with Crippen LogP contribution in [0.3, 0.4) is 0 Å². The molecule has 330 valence electrons. The maximum atomic E-state index is 13.1. The van der Waals surface area contributed by atoms with E-state index in [1.807, 2.05) is 18.3 Å². The molecule has 10 aromatic rings. The molecule has 0 aliphatic rings. The number of amides is 2. The largest absolute Gasteiger partial charge is 0.497 e. The summed E-state index contributed by atoms with van der Waals surface area (Å²) in [6.45, 7) is 0.507. The lowest BCUT2D eigenvalue weighted by atomic mass is 10.1. The summed E-state index contributed by atoms with van der Waals surface area (Å²) in [4.78, 5) is 33.8. The number of carbonyl (C=O) groups is 2. The highest BCUT2D eigenvalue weighted by atomic mass is 32.2. The third kappa shape index (κ3) is 8.97. The van der Waals surface area contributed by atoms with Crippen LogP contribution in [0.1, 0.15) is 32.0 Å². The number of carbonyl (C=O) groups excluding carboxylic acids is 2. The van der Waals surface area contributed by atoms with Gasteiger partial charge in [0.1, 0.15) is 11.4 Å². The Bertz CT molecular complexity index is 3640. The summed E-state index contributed by atoms with van der Waals surface area (Å²) < 4.78 is 66.5. The van der Waals surface area contributed by atoms with Gasteiger partial charge in [-0.25, -0.2) is 21.8 Å². The van der Waals surface area contributed by atoms with Crippen LogP contribution in [0.15, 0.2) is 189 Å². The molecule has 2 amide bonds. The zero-order chi connectivity index (χ0) is 46.0. The summed E-state index contributed by atoms with van der Waals surface area (Å²) in [6.07, 6.45) is 10.2. The summed E-state index contributed by atoms with van der Waals surface area (Å²) in [5.74, 6) is 0.320. The number of rotatable bonds is 11. The summed E-state index contributed by atoms with van der Waals surface area (Å²) in [5.41, 5.74) is 3.99. The number of nitrogens with one attached hydrogen (secondary N) is 2. The molecule has 0 saturated carbocycles. The molecule has 2 N–H and O–H groups in total. The van der Waals surface area contributed by atoms with Crippen LogP contribution in [-0.2, 0) is 39.8 Å². The highest BCUT2D eigenvalue weighted by Crippen LogP contribution is 2.28. The van der Waals surface area contributed by atoms with Crippen molar-refractivity contribution >= 4 is 69.8 Å². The van der Waals surface area contributed by atoms with E-state index >= 15 is 0 Å². The lowest BCUT2D eigenvalue weighted by Crippen LogP contribution is -2.23. The van der Waals surface area contributed by atoms with Gasteiger partial charge in [-0.05, 0) is 113 Å². The summed E-state index contributed by atoms with van der Waals surface area (Å²) >= 11 is 0. The standard InChI is InChI=1S/C26H20N2O5S.C23H19N5O3S/c1-32-21-6-4-19-13-23(9-5-18(19)12-21)34(30,31)22-7-2-17(3-8-22)15-28-26(29)24-14-20-10-11-27-16-25(20)33-24;1-27-14-17-4-8-20(12-21(17)26-27)32(30,31)19-6-2-16(3-7-19)13-25-23(29)18-5-9-22-24-10-11-28(22)15-18/h2-14,16H,15H2,1H3,(H,28,29);2-12,14-15H,13H2,1H3,(H,25,29). The van der Waals surface area contributed by atoms with Gasteiger partial charge in [0.15, 0.2) is 11.3 Å². The van der Waals surface area contributed by atoms with Gasteiger partial charge < -0.3 is 24.2 Å². The van der Waals surface area contributed by atoms with E-state index in [-0.39, 0.29) is 50.2 Å². The number of pyridine rings is 2. The minimum atomic E-state index is -3.69. The number of nitrogens with zero attached hydrogens (tertiary/aromatic N) is 5. The van der Waals surface area contributed by atoms with E-state index in [2.05, 4.69) is 25.7 Å². The zero-order valence-corrected chi connectivity index (χ0v) is 37.0. The number of aryl methyl sites for hydroxylation is 1. The fraction of sp³-hybridized carbons (Fsp3) is 0.0816. The molecular weight excluding hydrogens is 879 g/mol. The van der Waals surface area contributed by atoms with Gasteiger partial charge in [0.25, 0.3) is 11.8 Å². The summed E-state index contributed by atoms with van der Waals surface area (Å²) in [5, 5.41) is 13.3. The molecule has 5 aromatic carbocycles. The highest BCUT2D eigenvalue weighted by molar-refractivity contribution is 7.91. The molecule has 15 nitrogen and oxygen atoms in total. The Morgan fingerprint density at radius 1 is 0.636 bits per heavy atom. The van der Waals surface area contributed by atoms with E-state index in [0.717, 1.165) is 38.3 Å². The Balaban J connectivity index is 0.000000166. The fourth-order valence-electron chi connectivity index (χ4n) is 7.23. The molecule has 5 heterocycles. The van der Waals surface area contributed by atoms with Crippen LogP contribution >= 0.6 is 0 Å². The van der Waals surface area contributed by atoms with Crippen molar-refractivity contribution < 1.29 is 35.6 Å². The molecule has 10 rings (SSSR count). The van der Waals surface area contributed by atoms with E-state index in [1.165, 1.54) is 0 Å². The van der Waals surface area contributed by atoms with Crippen LogP contribution in [0.5, 0.6) is 5.75 Å². The number of hydrogen-bond donors (Lipinski definition) is 2. The molecular formula is C49H39N7O8S2. The second-order valence-electron chi connectivity index (χ2n) is 15.2. The number of methoxy groups -OCH3 is 1.